The third-order valence-corrected chi connectivity index (χ3v) is 1.72. The zero-order valence-electron chi connectivity index (χ0n) is 9.87. The lowest BCUT2D eigenvalue weighted by Crippen LogP contribution is -2.20. The van der Waals surface area contributed by atoms with E-state index in [-0.39, 0.29) is 6.61 Å². The SMILES string of the molecule is CCC.OCCNCCc1ccccc1. The summed E-state index contributed by atoms with van der Waals surface area (Å²) >= 11 is 0. The highest BCUT2D eigenvalue weighted by molar-refractivity contribution is 5.14. The molecule has 2 heteroatoms. The van der Waals surface area contributed by atoms with Gasteiger partial charge in [-0.25, -0.2) is 0 Å². The summed E-state index contributed by atoms with van der Waals surface area (Å²) in [5.41, 5.74) is 1.34. The van der Waals surface area contributed by atoms with Gasteiger partial charge in [-0.2, -0.15) is 0 Å². The van der Waals surface area contributed by atoms with Crippen molar-refractivity contribution in [2.75, 3.05) is 19.7 Å². The molecule has 0 heterocycles. The highest BCUT2D eigenvalue weighted by Crippen LogP contribution is 1.97. The van der Waals surface area contributed by atoms with Crippen molar-refractivity contribution < 1.29 is 5.11 Å². The quantitative estimate of drug-likeness (QED) is 0.729. The van der Waals surface area contributed by atoms with E-state index in [4.69, 9.17) is 5.11 Å². The molecule has 2 nitrogen and oxygen atoms in total. The Balaban J connectivity index is 0.000000583. The number of aliphatic hydroxyl groups is 1. The van der Waals surface area contributed by atoms with Crippen LogP contribution in [-0.4, -0.2) is 24.8 Å². The highest BCUT2D eigenvalue weighted by Gasteiger charge is 1.89. The molecule has 86 valence electrons. The van der Waals surface area contributed by atoms with Crippen LogP contribution < -0.4 is 5.32 Å². The van der Waals surface area contributed by atoms with Gasteiger partial charge >= 0.3 is 0 Å². The third kappa shape index (κ3) is 9.44. The molecule has 0 aliphatic carbocycles. The lowest BCUT2D eigenvalue weighted by Gasteiger charge is -2.01. The maximum atomic E-state index is 8.50. The molecule has 0 fully saturated rings. The Morgan fingerprint density at radius 3 is 2.20 bits per heavy atom. The number of hydrogen-bond donors (Lipinski definition) is 2. The minimum atomic E-state index is 0.217. The number of rotatable bonds is 5. The predicted octanol–water partition coefficient (Wildman–Crippen LogP) is 2.23. The van der Waals surface area contributed by atoms with Gasteiger partial charge in [0.05, 0.1) is 6.61 Å². The molecule has 0 atom stereocenters. The second kappa shape index (κ2) is 11.2. The van der Waals surface area contributed by atoms with E-state index in [0.29, 0.717) is 6.54 Å². The van der Waals surface area contributed by atoms with Crippen LogP contribution in [0.1, 0.15) is 25.8 Å². The standard InChI is InChI=1S/C10H15NO.C3H8/c12-9-8-11-7-6-10-4-2-1-3-5-10;1-3-2/h1-5,11-12H,6-9H2;3H2,1-2H3. The number of aliphatic hydroxyl groups excluding tert-OH is 1. The van der Waals surface area contributed by atoms with Crippen LogP contribution in [0.15, 0.2) is 30.3 Å². The van der Waals surface area contributed by atoms with E-state index in [0.717, 1.165) is 13.0 Å². The first-order valence-electron chi connectivity index (χ1n) is 5.70. The average molecular weight is 209 g/mol. The summed E-state index contributed by atoms with van der Waals surface area (Å²) in [6, 6.07) is 10.3. The minimum Gasteiger partial charge on any atom is -0.395 e. The van der Waals surface area contributed by atoms with Crippen LogP contribution in [0.3, 0.4) is 0 Å². The van der Waals surface area contributed by atoms with Gasteiger partial charge in [0.1, 0.15) is 0 Å². The van der Waals surface area contributed by atoms with E-state index < -0.39 is 0 Å². The van der Waals surface area contributed by atoms with Gasteiger partial charge in [0.25, 0.3) is 0 Å². The Labute approximate surface area is 93.3 Å². The molecule has 0 unspecified atom stereocenters. The van der Waals surface area contributed by atoms with Crippen LogP contribution in [0.4, 0.5) is 0 Å². The van der Waals surface area contributed by atoms with Crippen LogP contribution in [0, 0.1) is 0 Å². The Bertz CT molecular complexity index is 211. The average Bonchev–Trinajstić information content (AvgIpc) is 2.27. The molecule has 0 spiro atoms. The molecule has 0 saturated carbocycles. The fourth-order valence-electron chi connectivity index (χ4n) is 1.08. The van der Waals surface area contributed by atoms with E-state index >= 15 is 0 Å². The van der Waals surface area contributed by atoms with Crippen LogP contribution in [0.5, 0.6) is 0 Å². The first kappa shape index (κ1) is 14.1. The second-order valence-electron chi connectivity index (χ2n) is 3.42. The van der Waals surface area contributed by atoms with Crippen molar-refractivity contribution in [3.63, 3.8) is 0 Å². The molecule has 1 aromatic carbocycles. The molecule has 0 radical (unpaired) electrons. The molecular weight excluding hydrogens is 186 g/mol. The molecular formula is C13H23NO. The van der Waals surface area contributed by atoms with Gasteiger partial charge in [0.15, 0.2) is 0 Å². The fourth-order valence-corrected chi connectivity index (χ4v) is 1.08. The molecule has 1 aromatic rings. The highest BCUT2D eigenvalue weighted by atomic mass is 16.3. The molecule has 0 aliphatic rings. The maximum Gasteiger partial charge on any atom is 0.0555 e. The van der Waals surface area contributed by atoms with E-state index in [1.54, 1.807) is 0 Å². The summed E-state index contributed by atoms with van der Waals surface area (Å²) < 4.78 is 0. The first-order valence-corrected chi connectivity index (χ1v) is 5.70. The molecule has 0 saturated heterocycles. The van der Waals surface area contributed by atoms with Crippen molar-refractivity contribution >= 4 is 0 Å². The topological polar surface area (TPSA) is 32.3 Å². The van der Waals surface area contributed by atoms with Gasteiger partial charge in [-0.1, -0.05) is 50.6 Å². The molecule has 0 aliphatic heterocycles. The normalized spacial score (nSPS) is 9.27. The van der Waals surface area contributed by atoms with Crippen molar-refractivity contribution in [1.82, 2.24) is 5.32 Å². The Morgan fingerprint density at radius 1 is 1.07 bits per heavy atom. The zero-order valence-corrected chi connectivity index (χ0v) is 9.87. The van der Waals surface area contributed by atoms with Gasteiger partial charge in [-0.3, -0.25) is 0 Å². The van der Waals surface area contributed by atoms with Crippen molar-refractivity contribution in [3.8, 4) is 0 Å². The number of hydrogen-bond acceptors (Lipinski definition) is 2. The number of nitrogens with one attached hydrogen (secondary N) is 1. The molecule has 0 aromatic heterocycles. The van der Waals surface area contributed by atoms with E-state index in [2.05, 4.69) is 31.3 Å². The smallest absolute Gasteiger partial charge is 0.0555 e. The predicted molar refractivity (Wildman–Crippen MR) is 66.1 cm³/mol. The Kier molecular flexibility index (Phi) is 10.6. The Hall–Kier alpha value is -0.860. The lowest BCUT2D eigenvalue weighted by atomic mass is 10.1. The lowest BCUT2D eigenvalue weighted by molar-refractivity contribution is 0.293. The summed E-state index contributed by atoms with van der Waals surface area (Å²) in [6.45, 7) is 6.09. The molecule has 2 N–H and O–H groups in total. The van der Waals surface area contributed by atoms with Crippen molar-refractivity contribution in [1.29, 1.82) is 0 Å². The molecule has 1 rings (SSSR count). The van der Waals surface area contributed by atoms with Gasteiger partial charge < -0.3 is 10.4 Å². The summed E-state index contributed by atoms with van der Waals surface area (Å²) in [5, 5.41) is 11.6. The Morgan fingerprint density at radius 2 is 1.67 bits per heavy atom. The van der Waals surface area contributed by atoms with Gasteiger partial charge in [0, 0.05) is 6.54 Å². The van der Waals surface area contributed by atoms with Crippen LogP contribution >= 0.6 is 0 Å². The zero-order chi connectivity index (χ0) is 11.4. The van der Waals surface area contributed by atoms with Gasteiger partial charge in [0.2, 0.25) is 0 Å². The van der Waals surface area contributed by atoms with E-state index in [1.807, 2.05) is 18.2 Å². The van der Waals surface area contributed by atoms with Crippen molar-refractivity contribution in [3.05, 3.63) is 35.9 Å². The summed E-state index contributed by atoms with van der Waals surface area (Å²) in [4.78, 5) is 0. The fraction of sp³-hybridized carbons (Fsp3) is 0.538. The van der Waals surface area contributed by atoms with Crippen LogP contribution in [-0.2, 0) is 6.42 Å². The monoisotopic (exact) mass is 209 g/mol. The maximum absolute atomic E-state index is 8.50. The summed E-state index contributed by atoms with van der Waals surface area (Å²) in [5.74, 6) is 0. The number of benzene rings is 1. The molecule has 0 bridgehead atoms. The molecule has 0 amide bonds. The van der Waals surface area contributed by atoms with E-state index in [9.17, 15) is 0 Å². The largest absolute Gasteiger partial charge is 0.395 e. The second-order valence-corrected chi connectivity index (χ2v) is 3.42. The van der Waals surface area contributed by atoms with Crippen molar-refractivity contribution in [2.24, 2.45) is 0 Å². The van der Waals surface area contributed by atoms with E-state index in [1.165, 1.54) is 12.0 Å². The van der Waals surface area contributed by atoms with Crippen LogP contribution in [0.2, 0.25) is 0 Å². The first-order chi connectivity index (χ1) is 7.35. The van der Waals surface area contributed by atoms with Crippen molar-refractivity contribution in [2.45, 2.75) is 26.7 Å². The van der Waals surface area contributed by atoms with Gasteiger partial charge in [-0.05, 0) is 18.5 Å². The summed E-state index contributed by atoms with van der Waals surface area (Å²) in [7, 11) is 0. The minimum absolute atomic E-state index is 0.217. The van der Waals surface area contributed by atoms with Gasteiger partial charge in [-0.15, -0.1) is 0 Å². The summed E-state index contributed by atoms with van der Waals surface area (Å²) in [6.07, 6.45) is 2.28. The van der Waals surface area contributed by atoms with Crippen LogP contribution in [0.25, 0.3) is 0 Å². The molecule has 15 heavy (non-hydrogen) atoms. The third-order valence-electron chi connectivity index (χ3n) is 1.72.